The molecule has 0 bridgehead atoms. The normalized spacial score (nSPS) is 10.7. The van der Waals surface area contributed by atoms with E-state index in [1.165, 1.54) is 0 Å². The van der Waals surface area contributed by atoms with Gasteiger partial charge in [0.15, 0.2) is 0 Å². The zero-order valence-corrected chi connectivity index (χ0v) is 13.4. The van der Waals surface area contributed by atoms with Crippen molar-refractivity contribution in [2.75, 3.05) is 12.3 Å². The van der Waals surface area contributed by atoms with Gasteiger partial charge in [-0.25, -0.2) is 9.97 Å². The number of aromatic hydroxyl groups is 1. The molecule has 1 amide bonds. The molecule has 0 atom stereocenters. The third kappa shape index (κ3) is 5.25. The first kappa shape index (κ1) is 16.7. The molecule has 1 heterocycles. The number of carbonyl (C=O) groups excluding carboxylic acids is 1. The Labute approximate surface area is 135 Å². The quantitative estimate of drug-likeness (QED) is 0.756. The molecule has 4 N–H and O–H groups in total. The minimum atomic E-state index is -0.261. The Morgan fingerprint density at radius 2 is 1.96 bits per heavy atom. The maximum atomic E-state index is 12.2. The average Bonchev–Trinajstić information content (AvgIpc) is 2.48. The minimum Gasteiger partial charge on any atom is -0.508 e. The van der Waals surface area contributed by atoms with Crippen LogP contribution in [0, 0.1) is 5.92 Å². The maximum absolute atomic E-state index is 12.2. The highest BCUT2D eigenvalue weighted by Gasteiger charge is 2.11. The van der Waals surface area contributed by atoms with Crippen LogP contribution in [0.4, 0.5) is 5.95 Å². The number of rotatable bonds is 6. The Morgan fingerprint density at radius 3 is 2.61 bits per heavy atom. The number of carbonyl (C=O) groups is 1. The molecule has 1 aromatic carbocycles. The molecule has 0 radical (unpaired) electrons. The van der Waals surface area contributed by atoms with Crippen molar-refractivity contribution in [2.45, 2.75) is 26.7 Å². The topological polar surface area (TPSA) is 101 Å². The molecule has 0 fully saturated rings. The molecule has 0 aliphatic carbocycles. The van der Waals surface area contributed by atoms with Crippen LogP contribution in [0.3, 0.4) is 0 Å². The summed E-state index contributed by atoms with van der Waals surface area (Å²) in [6, 6.07) is 8.59. The van der Waals surface area contributed by atoms with Gasteiger partial charge in [0.05, 0.1) is 0 Å². The molecular formula is C17H22N4O2. The van der Waals surface area contributed by atoms with E-state index in [1.54, 1.807) is 18.2 Å². The molecular weight excluding hydrogens is 292 g/mol. The second-order valence-corrected chi connectivity index (χ2v) is 5.87. The van der Waals surface area contributed by atoms with Crippen molar-refractivity contribution >= 4 is 11.9 Å². The van der Waals surface area contributed by atoms with Gasteiger partial charge in [-0.1, -0.05) is 26.0 Å². The molecule has 0 unspecified atom stereocenters. The molecule has 2 aromatic rings. The fraction of sp³-hybridized carbons (Fsp3) is 0.353. The third-order valence-electron chi connectivity index (χ3n) is 3.28. The minimum absolute atomic E-state index is 0.117. The maximum Gasteiger partial charge on any atom is 0.270 e. The number of nitrogen functional groups attached to an aromatic ring is 1. The lowest BCUT2D eigenvalue weighted by Crippen LogP contribution is -2.27. The van der Waals surface area contributed by atoms with E-state index in [0.717, 1.165) is 17.7 Å². The Kier molecular flexibility index (Phi) is 5.51. The molecule has 0 spiro atoms. The predicted molar refractivity (Wildman–Crippen MR) is 89.1 cm³/mol. The largest absolute Gasteiger partial charge is 0.508 e. The number of amides is 1. The van der Waals surface area contributed by atoms with E-state index in [0.29, 0.717) is 24.6 Å². The van der Waals surface area contributed by atoms with Crippen molar-refractivity contribution in [3.63, 3.8) is 0 Å². The van der Waals surface area contributed by atoms with Gasteiger partial charge in [0, 0.05) is 12.2 Å². The van der Waals surface area contributed by atoms with Gasteiger partial charge >= 0.3 is 0 Å². The fourth-order valence-electron chi connectivity index (χ4n) is 2.23. The second kappa shape index (κ2) is 7.58. The number of anilines is 1. The smallest absolute Gasteiger partial charge is 0.270 e. The summed E-state index contributed by atoms with van der Waals surface area (Å²) in [5.74, 6) is 0.511. The SMILES string of the molecule is CC(C)Cc1cc(C(=O)NCCc2ccc(O)cc2)nc(N)n1. The van der Waals surface area contributed by atoms with Crippen LogP contribution in [0.2, 0.25) is 0 Å². The van der Waals surface area contributed by atoms with Crippen molar-refractivity contribution in [2.24, 2.45) is 5.92 Å². The van der Waals surface area contributed by atoms with E-state index in [1.807, 2.05) is 12.1 Å². The van der Waals surface area contributed by atoms with E-state index in [-0.39, 0.29) is 17.6 Å². The lowest BCUT2D eigenvalue weighted by Gasteiger charge is -2.08. The number of benzene rings is 1. The number of phenols is 1. The first-order valence-electron chi connectivity index (χ1n) is 7.63. The van der Waals surface area contributed by atoms with Crippen LogP contribution in [-0.2, 0) is 12.8 Å². The van der Waals surface area contributed by atoms with Crippen molar-refractivity contribution in [1.29, 1.82) is 0 Å². The van der Waals surface area contributed by atoms with Gasteiger partial charge in [-0.05, 0) is 42.5 Å². The van der Waals surface area contributed by atoms with Crippen LogP contribution in [0.1, 0.15) is 35.6 Å². The Balaban J connectivity index is 1.94. The summed E-state index contributed by atoms with van der Waals surface area (Å²) in [5, 5.41) is 12.1. The van der Waals surface area contributed by atoms with Gasteiger partial charge in [-0.15, -0.1) is 0 Å². The molecule has 2 rings (SSSR count). The molecule has 6 nitrogen and oxygen atoms in total. The Bertz CT molecular complexity index is 669. The summed E-state index contributed by atoms with van der Waals surface area (Å²) in [7, 11) is 0. The number of hydrogen-bond acceptors (Lipinski definition) is 5. The molecule has 6 heteroatoms. The van der Waals surface area contributed by atoms with Crippen LogP contribution in [0.25, 0.3) is 0 Å². The van der Waals surface area contributed by atoms with Crippen molar-refractivity contribution in [3.8, 4) is 5.75 Å². The van der Waals surface area contributed by atoms with Crippen LogP contribution in [-0.4, -0.2) is 27.5 Å². The van der Waals surface area contributed by atoms with Crippen LogP contribution >= 0.6 is 0 Å². The summed E-state index contributed by atoms with van der Waals surface area (Å²) in [6.45, 7) is 4.64. The molecule has 0 aliphatic rings. The van der Waals surface area contributed by atoms with E-state index in [4.69, 9.17) is 5.73 Å². The van der Waals surface area contributed by atoms with Gasteiger partial charge < -0.3 is 16.2 Å². The number of hydrogen-bond donors (Lipinski definition) is 3. The van der Waals surface area contributed by atoms with Gasteiger partial charge in [0.1, 0.15) is 11.4 Å². The molecule has 1 aromatic heterocycles. The van der Waals surface area contributed by atoms with Gasteiger partial charge in [-0.2, -0.15) is 0 Å². The first-order valence-corrected chi connectivity index (χ1v) is 7.63. The summed E-state index contributed by atoms with van der Waals surface area (Å²) in [5.41, 5.74) is 7.78. The van der Waals surface area contributed by atoms with Gasteiger partial charge in [0.2, 0.25) is 5.95 Å². The lowest BCUT2D eigenvalue weighted by atomic mass is 10.1. The predicted octanol–water partition coefficient (Wildman–Crippen LogP) is 1.94. The molecule has 122 valence electrons. The van der Waals surface area contributed by atoms with E-state index in [9.17, 15) is 9.90 Å². The number of nitrogens with one attached hydrogen (secondary N) is 1. The van der Waals surface area contributed by atoms with Crippen LogP contribution < -0.4 is 11.1 Å². The number of aromatic nitrogens is 2. The van der Waals surface area contributed by atoms with Crippen molar-refractivity contribution < 1.29 is 9.90 Å². The summed E-state index contributed by atoms with van der Waals surface area (Å²) < 4.78 is 0. The number of nitrogens with zero attached hydrogens (tertiary/aromatic N) is 2. The summed E-state index contributed by atoms with van der Waals surface area (Å²) >= 11 is 0. The van der Waals surface area contributed by atoms with E-state index < -0.39 is 0 Å². The molecule has 0 aliphatic heterocycles. The summed E-state index contributed by atoms with van der Waals surface area (Å²) in [4.78, 5) is 20.3. The highest BCUT2D eigenvalue weighted by atomic mass is 16.3. The van der Waals surface area contributed by atoms with Crippen LogP contribution in [0.15, 0.2) is 30.3 Å². The van der Waals surface area contributed by atoms with Crippen LogP contribution in [0.5, 0.6) is 5.75 Å². The van der Waals surface area contributed by atoms with Crippen molar-refractivity contribution in [3.05, 3.63) is 47.3 Å². The zero-order chi connectivity index (χ0) is 16.8. The van der Waals surface area contributed by atoms with Gasteiger partial charge in [-0.3, -0.25) is 4.79 Å². The standard InChI is InChI=1S/C17H22N4O2/c1-11(2)9-13-10-15(21-17(18)20-13)16(23)19-8-7-12-3-5-14(22)6-4-12/h3-6,10-11,22H,7-9H2,1-2H3,(H,19,23)(H2,18,20,21). The average molecular weight is 314 g/mol. The zero-order valence-electron chi connectivity index (χ0n) is 13.4. The fourth-order valence-corrected chi connectivity index (χ4v) is 2.23. The molecule has 0 saturated carbocycles. The second-order valence-electron chi connectivity index (χ2n) is 5.87. The number of nitrogens with two attached hydrogens (primary N) is 1. The highest BCUT2D eigenvalue weighted by Crippen LogP contribution is 2.10. The number of phenolic OH excluding ortho intramolecular Hbond substituents is 1. The Morgan fingerprint density at radius 1 is 1.26 bits per heavy atom. The lowest BCUT2D eigenvalue weighted by molar-refractivity contribution is 0.0949. The Hall–Kier alpha value is -2.63. The van der Waals surface area contributed by atoms with E-state index in [2.05, 4.69) is 29.1 Å². The molecule has 23 heavy (non-hydrogen) atoms. The monoisotopic (exact) mass is 314 g/mol. The van der Waals surface area contributed by atoms with Crippen molar-refractivity contribution in [1.82, 2.24) is 15.3 Å². The first-order chi connectivity index (χ1) is 10.9. The van der Waals surface area contributed by atoms with Gasteiger partial charge in [0.25, 0.3) is 5.91 Å². The molecule has 0 saturated heterocycles. The highest BCUT2D eigenvalue weighted by molar-refractivity contribution is 5.92. The third-order valence-corrected chi connectivity index (χ3v) is 3.28. The van der Waals surface area contributed by atoms with E-state index >= 15 is 0 Å². The summed E-state index contributed by atoms with van der Waals surface area (Å²) in [6.07, 6.45) is 1.42.